The Labute approximate surface area is 145 Å². The monoisotopic (exact) mass is 360 g/mol. The van der Waals surface area contributed by atoms with Crippen molar-refractivity contribution in [3.8, 4) is 0 Å². The van der Waals surface area contributed by atoms with Crippen molar-refractivity contribution in [3.63, 3.8) is 0 Å². The molecule has 0 bridgehead atoms. The third kappa shape index (κ3) is 5.42. The Kier molecular flexibility index (Phi) is 6.92. The van der Waals surface area contributed by atoms with Gasteiger partial charge >= 0.3 is 23.9 Å². The summed E-state index contributed by atoms with van der Waals surface area (Å²) in [7, 11) is 0. The maximum atomic E-state index is 11.6. The number of ether oxygens (including phenoxy) is 5. The summed E-state index contributed by atoms with van der Waals surface area (Å²) in [5.41, 5.74) is -1.36. The molecule has 0 aliphatic carbocycles. The summed E-state index contributed by atoms with van der Waals surface area (Å²) in [4.78, 5) is 45.6. The van der Waals surface area contributed by atoms with Crippen LogP contribution in [0.5, 0.6) is 0 Å². The van der Waals surface area contributed by atoms with Crippen LogP contribution in [0.2, 0.25) is 0 Å². The largest absolute Gasteiger partial charge is 0.463 e. The number of hydrogen-bond acceptors (Lipinski definition) is 9. The van der Waals surface area contributed by atoms with E-state index in [0.29, 0.717) is 0 Å². The van der Waals surface area contributed by atoms with Gasteiger partial charge < -0.3 is 23.7 Å². The van der Waals surface area contributed by atoms with E-state index in [4.69, 9.17) is 23.7 Å². The minimum absolute atomic E-state index is 0.141. The molecular formula is C16H24O9. The Bertz CT molecular complexity index is 544. The molecule has 1 fully saturated rings. The molecule has 9 nitrogen and oxygen atoms in total. The molecule has 1 aliphatic heterocycles. The quantitative estimate of drug-likeness (QED) is 0.517. The third-order valence-corrected chi connectivity index (χ3v) is 3.97. The van der Waals surface area contributed by atoms with Gasteiger partial charge in [-0.2, -0.15) is 0 Å². The van der Waals surface area contributed by atoms with E-state index in [9.17, 15) is 19.2 Å². The highest BCUT2D eigenvalue weighted by Crippen LogP contribution is 2.40. The van der Waals surface area contributed by atoms with E-state index in [1.165, 1.54) is 20.8 Å². The number of rotatable bonds is 5. The first-order valence-corrected chi connectivity index (χ1v) is 7.80. The summed E-state index contributed by atoms with van der Waals surface area (Å²) >= 11 is 0. The van der Waals surface area contributed by atoms with E-state index in [1.54, 1.807) is 13.8 Å². The fourth-order valence-electron chi connectivity index (χ4n) is 2.71. The number of hydrogen-bond donors (Lipinski definition) is 0. The minimum Gasteiger partial charge on any atom is -0.463 e. The third-order valence-electron chi connectivity index (χ3n) is 3.97. The zero-order chi connectivity index (χ0) is 19.4. The molecule has 0 saturated carbocycles. The summed E-state index contributed by atoms with van der Waals surface area (Å²) in [5.74, 6) is -2.99. The van der Waals surface area contributed by atoms with Crippen LogP contribution in [0.25, 0.3) is 0 Å². The van der Waals surface area contributed by atoms with Gasteiger partial charge in [-0.25, -0.2) is 0 Å². The molecule has 0 aromatic heterocycles. The van der Waals surface area contributed by atoms with Crippen LogP contribution in [0, 0.1) is 5.92 Å². The van der Waals surface area contributed by atoms with Crippen LogP contribution in [0.1, 0.15) is 41.5 Å². The number of esters is 4. The fourth-order valence-corrected chi connectivity index (χ4v) is 2.71. The van der Waals surface area contributed by atoms with Crippen molar-refractivity contribution in [1.82, 2.24) is 0 Å². The SMILES string of the molecule is CC(=O)OC[C@H]1OC(OC(C)=O)[C@@H](OC(C)=O)[C@@](C)(OC(C)=O)[C@@H]1C. The summed E-state index contributed by atoms with van der Waals surface area (Å²) in [6.45, 7) is 7.89. The topological polar surface area (TPSA) is 114 Å². The molecule has 1 aliphatic rings. The lowest BCUT2D eigenvalue weighted by Gasteiger charge is -2.49. The van der Waals surface area contributed by atoms with E-state index < -0.39 is 53.9 Å². The molecule has 9 heteroatoms. The van der Waals surface area contributed by atoms with Crippen molar-refractivity contribution < 1.29 is 42.9 Å². The lowest BCUT2D eigenvalue weighted by atomic mass is 9.78. The first-order chi connectivity index (χ1) is 11.5. The van der Waals surface area contributed by atoms with Crippen molar-refractivity contribution in [2.45, 2.75) is 65.6 Å². The van der Waals surface area contributed by atoms with Gasteiger partial charge in [0.1, 0.15) is 12.7 Å². The van der Waals surface area contributed by atoms with E-state index >= 15 is 0 Å². The molecule has 5 atom stereocenters. The average molecular weight is 360 g/mol. The van der Waals surface area contributed by atoms with Gasteiger partial charge in [0.25, 0.3) is 0 Å². The van der Waals surface area contributed by atoms with E-state index in [-0.39, 0.29) is 6.61 Å². The Morgan fingerprint density at radius 1 is 0.920 bits per heavy atom. The average Bonchev–Trinajstić information content (AvgIpc) is 2.44. The Balaban J connectivity index is 3.23. The molecule has 0 amide bonds. The lowest BCUT2D eigenvalue weighted by Crippen LogP contribution is -2.65. The van der Waals surface area contributed by atoms with E-state index in [0.717, 1.165) is 6.92 Å². The molecule has 0 N–H and O–H groups in total. The summed E-state index contributed by atoms with van der Waals surface area (Å²) in [6, 6.07) is 0. The van der Waals surface area contributed by atoms with Crippen LogP contribution in [0.15, 0.2) is 0 Å². The normalized spacial score (nSPS) is 31.6. The van der Waals surface area contributed by atoms with Gasteiger partial charge in [0.2, 0.25) is 12.4 Å². The molecule has 142 valence electrons. The molecule has 1 saturated heterocycles. The predicted molar refractivity (Wildman–Crippen MR) is 81.9 cm³/mol. The molecule has 1 heterocycles. The van der Waals surface area contributed by atoms with Gasteiger partial charge in [0.05, 0.1) is 0 Å². The van der Waals surface area contributed by atoms with Crippen molar-refractivity contribution >= 4 is 23.9 Å². The van der Waals surface area contributed by atoms with Crippen molar-refractivity contribution in [3.05, 3.63) is 0 Å². The highest BCUT2D eigenvalue weighted by atomic mass is 16.7. The molecule has 0 aromatic rings. The molecular weight excluding hydrogens is 336 g/mol. The van der Waals surface area contributed by atoms with Crippen LogP contribution in [0.3, 0.4) is 0 Å². The fraction of sp³-hybridized carbons (Fsp3) is 0.750. The number of carbonyl (C=O) groups is 4. The maximum absolute atomic E-state index is 11.6. The van der Waals surface area contributed by atoms with Gasteiger partial charge in [0, 0.05) is 33.6 Å². The molecule has 0 aromatic carbocycles. The first kappa shape index (κ1) is 20.9. The van der Waals surface area contributed by atoms with E-state index in [2.05, 4.69) is 0 Å². The molecule has 0 radical (unpaired) electrons. The van der Waals surface area contributed by atoms with Crippen molar-refractivity contribution in [2.24, 2.45) is 5.92 Å². The van der Waals surface area contributed by atoms with Crippen LogP contribution < -0.4 is 0 Å². The molecule has 0 spiro atoms. The molecule has 25 heavy (non-hydrogen) atoms. The van der Waals surface area contributed by atoms with Gasteiger partial charge in [-0.05, 0) is 6.92 Å². The second-order valence-electron chi connectivity index (χ2n) is 6.05. The zero-order valence-corrected chi connectivity index (χ0v) is 15.2. The number of carbonyl (C=O) groups excluding carboxylic acids is 4. The van der Waals surface area contributed by atoms with Gasteiger partial charge in [0.15, 0.2) is 5.60 Å². The maximum Gasteiger partial charge on any atom is 0.305 e. The zero-order valence-electron chi connectivity index (χ0n) is 15.2. The van der Waals surface area contributed by atoms with Crippen molar-refractivity contribution in [1.29, 1.82) is 0 Å². The van der Waals surface area contributed by atoms with Gasteiger partial charge in [-0.3, -0.25) is 19.2 Å². The summed E-state index contributed by atoms with van der Waals surface area (Å²) in [5, 5.41) is 0. The van der Waals surface area contributed by atoms with Crippen molar-refractivity contribution in [2.75, 3.05) is 6.61 Å². The highest BCUT2D eigenvalue weighted by Gasteiger charge is 2.58. The summed E-state index contributed by atoms with van der Waals surface area (Å²) in [6.07, 6.45) is -3.24. The Morgan fingerprint density at radius 3 is 1.92 bits per heavy atom. The van der Waals surface area contributed by atoms with Crippen LogP contribution in [0.4, 0.5) is 0 Å². The standard InChI is InChI=1S/C16H24O9/c1-8-13(7-21-9(2)17)24-15(23-11(4)19)14(22-10(3)18)16(8,6)25-12(5)20/h8,13-15H,7H2,1-6H3/t8-,13-,14-,15?,16+/m1/s1. The minimum atomic E-state index is -1.36. The lowest BCUT2D eigenvalue weighted by molar-refractivity contribution is -0.311. The molecule has 1 unspecified atom stereocenters. The Morgan fingerprint density at radius 2 is 1.48 bits per heavy atom. The van der Waals surface area contributed by atoms with Crippen LogP contribution >= 0.6 is 0 Å². The second kappa shape index (κ2) is 8.28. The van der Waals surface area contributed by atoms with Gasteiger partial charge in [-0.1, -0.05) is 6.92 Å². The van der Waals surface area contributed by atoms with Crippen LogP contribution in [-0.4, -0.2) is 54.6 Å². The van der Waals surface area contributed by atoms with Crippen LogP contribution in [-0.2, 0) is 42.9 Å². The summed E-state index contributed by atoms with van der Waals surface area (Å²) < 4.78 is 26.4. The molecule has 1 rings (SSSR count). The second-order valence-corrected chi connectivity index (χ2v) is 6.05. The Hall–Kier alpha value is -2.16. The first-order valence-electron chi connectivity index (χ1n) is 7.80. The van der Waals surface area contributed by atoms with E-state index in [1.807, 2.05) is 0 Å². The van der Waals surface area contributed by atoms with Gasteiger partial charge in [-0.15, -0.1) is 0 Å². The predicted octanol–water partition coefficient (Wildman–Crippen LogP) is 0.727. The highest BCUT2D eigenvalue weighted by molar-refractivity contribution is 5.68. The smallest absolute Gasteiger partial charge is 0.305 e.